The topological polar surface area (TPSA) is 90.6 Å². The van der Waals surface area contributed by atoms with Crippen molar-refractivity contribution >= 4 is 27.5 Å². The predicted molar refractivity (Wildman–Crippen MR) is 111 cm³/mol. The van der Waals surface area contributed by atoms with Gasteiger partial charge in [0.15, 0.2) is 0 Å². The lowest BCUT2D eigenvalue weighted by Gasteiger charge is -2.38. The molecular weight excluding hydrogens is 388 g/mol. The van der Waals surface area contributed by atoms with Crippen LogP contribution in [-0.4, -0.2) is 59.2 Å². The molecule has 5 rings (SSSR count). The summed E-state index contributed by atoms with van der Waals surface area (Å²) in [7, 11) is 0. The van der Waals surface area contributed by atoms with Gasteiger partial charge < -0.3 is 15.2 Å². The minimum absolute atomic E-state index is 0.168. The molecule has 0 bridgehead atoms. The number of morpholine rings is 1. The fourth-order valence-corrected chi connectivity index (χ4v) is 6.44. The molecule has 2 N–H and O–H groups in total. The van der Waals surface area contributed by atoms with E-state index in [4.69, 9.17) is 15.2 Å². The van der Waals surface area contributed by atoms with Crippen molar-refractivity contribution in [3.8, 4) is 5.88 Å². The number of aryl methyl sites for hydroxylation is 1. The Kier molecular flexibility index (Phi) is 5.41. The van der Waals surface area contributed by atoms with Crippen LogP contribution in [0.25, 0.3) is 10.2 Å². The molecule has 2 aliphatic carbocycles. The van der Waals surface area contributed by atoms with Crippen molar-refractivity contribution in [2.75, 3.05) is 26.3 Å². The Labute approximate surface area is 174 Å². The van der Waals surface area contributed by atoms with E-state index in [1.54, 1.807) is 17.7 Å². The number of amides is 1. The largest absolute Gasteiger partial charge is 0.474 e. The van der Waals surface area contributed by atoms with Crippen LogP contribution in [0.3, 0.4) is 0 Å². The lowest BCUT2D eigenvalue weighted by atomic mass is 9.91. The molecule has 8 heteroatoms. The van der Waals surface area contributed by atoms with Crippen LogP contribution in [0.1, 0.15) is 54.9 Å². The standard InChI is InChI=1S/C21H28N4O3S/c22-17(26)11-13-1-6-16-18(13)19-20(23-12-24-21(19)29-16)28-15-4-2-14(3-5-15)25-7-9-27-10-8-25/h12-15H,1-11H2,(H2,22,26). The Hall–Kier alpha value is -1.77. The summed E-state index contributed by atoms with van der Waals surface area (Å²) >= 11 is 1.71. The first-order valence-electron chi connectivity index (χ1n) is 10.7. The first-order chi connectivity index (χ1) is 14.2. The Balaban J connectivity index is 1.32. The summed E-state index contributed by atoms with van der Waals surface area (Å²) < 4.78 is 11.9. The molecule has 0 spiro atoms. The van der Waals surface area contributed by atoms with Crippen molar-refractivity contribution in [3.05, 3.63) is 16.8 Å². The van der Waals surface area contributed by atoms with Gasteiger partial charge in [0.1, 0.15) is 17.3 Å². The first kappa shape index (κ1) is 19.2. The van der Waals surface area contributed by atoms with Gasteiger partial charge in [-0.05, 0) is 50.0 Å². The third-order valence-corrected chi connectivity index (χ3v) is 7.80. The van der Waals surface area contributed by atoms with E-state index in [1.165, 1.54) is 10.4 Å². The number of carbonyl (C=O) groups excluding carboxylic acids is 1. The highest BCUT2D eigenvalue weighted by atomic mass is 32.1. The second kappa shape index (κ2) is 8.16. The van der Waals surface area contributed by atoms with Crippen molar-refractivity contribution in [2.24, 2.45) is 5.73 Å². The number of fused-ring (bicyclic) bond motifs is 3. The van der Waals surface area contributed by atoms with E-state index in [-0.39, 0.29) is 17.9 Å². The Morgan fingerprint density at radius 1 is 1.21 bits per heavy atom. The SMILES string of the molecule is NC(=O)CC1CCc2sc3ncnc(OC4CCC(N5CCOCC5)CC4)c3c21. The number of hydrogen-bond acceptors (Lipinski definition) is 7. The van der Waals surface area contributed by atoms with Gasteiger partial charge in [-0.3, -0.25) is 9.69 Å². The highest BCUT2D eigenvalue weighted by Gasteiger charge is 2.33. The van der Waals surface area contributed by atoms with Crippen LogP contribution in [0.2, 0.25) is 0 Å². The van der Waals surface area contributed by atoms with Gasteiger partial charge in [0.05, 0.1) is 18.6 Å². The van der Waals surface area contributed by atoms with Crippen LogP contribution in [-0.2, 0) is 16.0 Å². The van der Waals surface area contributed by atoms with Gasteiger partial charge >= 0.3 is 0 Å². The fourth-order valence-electron chi connectivity index (χ4n) is 5.21. The number of thiophene rings is 1. The maximum Gasteiger partial charge on any atom is 0.225 e. The first-order valence-corrected chi connectivity index (χ1v) is 11.5. The number of nitrogens with zero attached hydrogens (tertiary/aromatic N) is 3. The van der Waals surface area contributed by atoms with Crippen molar-refractivity contribution in [3.63, 3.8) is 0 Å². The number of aromatic nitrogens is 2. The van der Waals surface area contributed by atoms with Gasteiger partial charge in [-0.15, -0.1) is 11.3 Å². The van der Waals surface area contributed by atoms with E-state index in [2.05, 4.69) is 14.9 Å². The molecule has 156 valence electrons. The average molecular weight is 417 g/mol. The summed E-state index contributed by atoms with van der Waals surface area (Å²) in [4.78, 5) is 25.4. The predicted octanol–water partition coefficient (Wildman–Crippen LogP) is 2.62. The van der Waals surface area contributed by atoms with Crippen molar-refractivity contribution < 1.29 is 14.3 Å². The molecule has 2 aromatic heterocycles. The van der Waals surface area contributed by atoms with Crippen molar-refractivity contribution in [1.82, 2.24) is 14.9 Å². The number of primary amides is 1. The van der Waals surface area contributed by atoms with Gasteiger partial charge in [-0.1, -0.05) is 0 Å². The zero-order valence-corrected chi connectivity index (χ0v) is 17.5. The molecule has 1 unspecified atom stereocenters. The number of nitrogens with two attached hydrogens (primary N) is 1. The zero-order valence-electron chi connectivity index (χ0n) is 16.6. The molecule has 1 saturated carbocycles. The fraction of sp³-hybridized carbons (Fsp3) is 0.667. The Morgan fingerprint density at radius 2 is 2.00 bits per heavy atom. The molecule has 1 atom stereocenters. The van der Waals surface area contributed by atoms with E-state index in [1.807, 2.05) is 0 Å². The summed E-state index contributed by atoms with van der Waals surface area (Å²) in [5, 5.41) is 1.02. The van der Waals surface area contributed by atoms with E-state index in [9.17, 15) is 4.79 Å². The second-order valence-electron chi connectivity index (χ2n) is 8.40. The third-order valence-electron chi connectivity index (χ3n) is 6.63. The van der Waals surface area contributed by atoms with Gasteiger partial charge in [0.25, 0.3) is 0 Å². The maximum absolute atomic E-state index is 11.5. The van der Waals surface area contributed by atoms with Crippen molar-refractivity contribution in [1.29, 1.82) is 0 Å². The highest BCUT2D eigenvalue weighted by Crippen LogP contribution is 2.47. The molecule has 0 aromatic carbocycles. The molecular formula is C21H28N4O3S. The molecule has 3 heterocycles. The molecule has 29 heavy (non-hydrogen) atoms. The third kappa shape index (κ3) is 3.85. The highest BCUT2D eigenvalue weighted by molar-refractivity contribution is 7.19. The minimum Gasteiger partial charge on any atom is -0.474 e. The summed E-state index contributed by atoms with van der Waals surface area (Å²) in [6.07, 6.45) is 8.54. The normalized spacial score (nSPS) is 27.8. The van der Waals surface area contributed by atoms with Crippen LogP contribution in [0.15, 0.2) is 6.33 Å². The molecule has 2 aromatic rings. The summed E-state index contributed by atoms with van der Waals surface area (Å²) in [5.41, 5.74) is 6.70. The second-order valence-corrected chi connectivity index (χ2v) is 9.48. The van der Waals surface area contributed by atoms with Crippen LogP contribution >= 0.6 is 11.3 Å². The molecule has 7 nitrogen and oxygen atoms in total. The Morgan fingerprint density at radius 3 is 2.76 bits per heavy atom. The summed E-state index contributed by atoms with van der Waals surface area (Å²) in [6.45, 7) is 3.80. The lowest BCUT2D eigenvalue weighted by molar-refractivity contribution is -0.118. The molecule has 2 fully saturated rings. The minimum atomic E-state index is -0.247. The quantitative estimate of drug-likeness (QED) is 0.806. The molecule has 1 aliphatic heterocycles. The Bertz CT molecular complexity index is 887. The maximum atomic E-state index is 11.5. The monoisotopic (exact) mass is 416 g/mol. The van der Waals surface area contributed by atoms with E-state index in [0.29, 0.717) is 18.3 Å². The van der Waals surface area contributed by atoms with Gasteiger partial charge in [0, 0.05) is 30.4 Å². The zero-order chi connectivity index (χ0) is 19.8. The molecule has 0 radical (unpaired) electrons. The van der Waals surface area contributed by atoms with Crippen LogP contribution in [0, 0.1) is 0 Å². The number of carbonyl (C=O) groups is 1. The van der Waals surface area contributed by atoms with Crippen LogP contribution in [0.4, 0.5) is 0 Å². The number of hydrogen-bond donors (Lipinski definition) is 1. The van der Waals surface area contributed by atoms with E-state index < -0.39 is 0 Å². The molecule has 1 amide bonds. The van der Waals surface area contributed by atoms with Crippen LogP contribution in [0.5, 0.6) is 5.88 Å². The molecule has 3 aliphatic rings. The van der Waals surface area contributed by atoms with Crippen LogP contribution < -0.4 is 10.5 Å². The van der Waals surface area contributed by atoms with E-state index >= 15 is 0 Å². The van der Waals surface area contributed by atoms with Gasteiger partial charge in [-0.25, -0.2) is 9.97 Å². The number of rotatable bonds is 5. The summed E-state index contributed by atoms with van der Waals surface area (Å²) in [6, 6.07) is 0.648. The number of ether oxygens (including phenoxy) is 2. The van der Waals surface area contributed by atoms with Gasteiger partial charge in [-0.2, -0.15) is 0 Å². The van der Waals surface area contributed by atoms with E-state index in [0.717, 1.165) is 75.0 Å². The molecule has 1 saturated heterocycles. The summed E-state index contributed by atoms with van der Waals surface area (Å²) in [5.74, 6) is 0.614. The smallest absolute Gasteiger partial charge is 0.225 e. The average Bonchev–Trinajstić information content (AvgIpc) is 3.29. The van der Waals surface area contributed by atoms with Gasteiger partial charge in [0.2, 0.25) is 11.8 Å². The lowest BCUT2D eigenvalue weighted by Crippen LogP contribution is -2.46. The van der Waals surface area contributed by atoms with Crippen molar-refractivity contribution in [2.45, 2.75) is 63.0 Å².